The monoisotopic (exact) mass is 267 g/mol. The second-order valence-electron chi connectivity index (χ2n) is 6.78. The highest BCUT2D eigenvalue weighted by Gasteiger charge is 2.22. The second kappa shape index (κ2) is 8.23. The molecule has 0 radical (unpaired) electrons. The van der Waals surface area contributed by atoms with Gasteiger partial charge in [0.2, 0.25) is 0 Å². The molecule has 0 amide bonds. The summed E-state index contributed by atoms with van der Waals surface area (Å²) in [4.78, 5) is 5.35. The van der Waals surface area contributed by atoms with Crippen LogP contribution in [-0.4, -0.2) is 55.6 Å². The maximum Gasteiger partial charge on any atom is 0.00106 e. The van der Waals surface area contributed by atoms with E-state index in [1.807, 2.05) is 0 Å². The summed E-state index contributed by atoms with van der Waals surface area (Å²) in [7, 11) is 0. The largest absolute Gasteiger partial charge is 0.330 e. The number of likely N-dealkylation sites (tertiary alicyclic amines) is 2. The average molecular weight is 267 g/mol. The van der Waals surface area contributed by atoms with Crippen molar-refractivity contribution >= 4 is 0 Å². The van der Waals surface area contributed by atoms with Gasteiger partial charge in [-0.1, -0.05) is 6.92 Å². The molecule has 0 bridgehead atoms. The third-order valence-electron chi connectivity index (χ3n) is 5.00. The smallest absolute Gasteiger partial charge is 0.00106 e. The molecule has 2 N–H and O–H groups in total. The lowest BCUT2D eigenvalue weighted by atomic mass is 9.96. The molecular weight excluding hydrogens is 234 g/mol. The van der Waals surface area contributed by atoms with E-state index in [9.17, 15) is 0 Å². The Kier molecular flexibility index (Phi) is 6.62. The van der Waals surface area contributed by atoms with Crippen LogP contribution in [0.1, 0.15) is 45.4 Å². The molecule has 2 heterocycles. The predicted molar refractivity (Wildman–Crippen MR) is 82.3 cm³/mol. The molecule has 0 spiro atoms. The summed E-state index contributed by atoms with van der Waals surface area (Å²) in [5.41, 5.74) is 5.67. The molecule has 19 heavy (non-hydrogen) atoms. The molecule has 1 unspecified atom stereocenters. The molecular formula is C16H33N3. The SMILES string of the molecule is CC(CN)CCCN1CCC(CN2CCCC2)CC1. The molecule has 0 aromatic heterocycles. The maximum absolute atomic E-state index is 5.67. The molecule has 2 fully saturated rings. The van der Waals surface area contributed by atoms with E-state index in [-0.39, 0.29) is 0 Å². The van der Waals surface area contributed by atoms with Crippen LogP contribution in [0.25, 0.3) is 0 Å². The van der Waals surface area contributed by atoms with Crippen LogP contribution in [0.2, 0.25) is 0 Å². The van der Waals surface area contributed by atoms with Crippen LogP contribution in [0.15, 0.2) is 0 Å². The first-order valence-electron chi connectivity index (χ1n) is 8.42. The van der Waals surface area contributed by atoms with Gasteiger partial charge in [0.05, 0.1) is 0 Å². The number of rotatable bonds is 7. The Hall–Kier alpha value is -0.120. The van der Waals surface area contributed by atoms with Crippen molar-refractivity contribution in [1.82, 2.24) is 9.80 Å². The Morgan fingerprint density at radius 3 is 2.37 bits per heavy atom. The summed E-state index contributed by atoms with van der Waals surface area (Å²) in [6.45, 7) is 11.2. The van der Waals surface area contributed by atoms with Crippen LogP contribution in [0.3, 0.4) is 0 Å². The Morgan fingerprint density at radius 2 is 1.74 bits per heavy atom. The summed E-state index contributed by atoms with van der Waals surface area (Å²) < 4.78 is 0. The third kappa shape index (κ3) is 5.41. The van der Waals surface area contributed by atoms with Gasteiger partial charge in [-0.15, -0.1) is 0 Å². The van der Waals surface area contributed by atoms with E-state index in [0.717, 1.165) is 12.5 Å². The molecule has 1 atom stereocenters. The van der Waals surface area contributed by atoms with Crippen molar-refractivity contribution in [3.63, 3.8) is 0 Å². The number of piperidine rings is 1. The van der Waals surface area contributed by atoms with Crippen LogP contribution in [0.5, 0.6) is 0 Å². The average Bonchev–Trinajstić information content (AvgIpc) is 2.93. The number of hydrogen-bond acceptors (Lipinski definition) is 3. The van der Waals surface area contributed by atoms with Gasteiger partial charge in [-0.3, -0.25) is 0 Å². The van der Waals surface area contributed by atoms with Crippen LogP contribution in [0, 0.1) is 11.8 Å². The standard InChI is InChI=1S/C16H33N3/c1-15(13-17)5-4-10-18-11-6-16(7-12-18)14-19-8-2-3-9-19/h15-16H,2-14,17H2,1H3. The fourth-order valence-electron chi connectivity index (χ4n) is 3.50. The molecule has 2 saturated heterocycles. The van der Waals surface area contributed by atoms with Crippen molar-refractivity contribution in [2.45, 2.75) is 45.4 Å². The number of nitrogens with two attached hydrogens (primary N) is 1. The van der Waals surface area contributed by atoms with E-state index in [1.165, 1.54) is 77.8 Å². The van der Waals surface area contributed by atoms with Crippen LogP contribution in [0.4, 0.5) is 0 Å². The molecule has 2 aliphatic rings. The van der Waals surface area contributed by atoms with Crippen molar-refractivity contribution in [2.75, 3.05) is 45.8 Å². The number of nitrogens with zero attached hydrogens (tertiary/aromatic N) is 2. The lowest BCUT2D eigenvalue weighted by molar-refractivity contribution is 0.151. The van der Waals surface area contributed by atoms with Crippen molar-refractivity contribution in [2.24, 2.45) is 17.6 Å². The van der Waals surface area contributed by atoms with Crippen molar-refractivity contribution in [3.05, 3.63) is 0 Å². The molecule has 3 heteroatoms. The Labute approximate surface area is 119 Å². The van der Waals surface area contributed by atoms with E-state index in [0.29, 0.717) is 5.92 Å². The zero-order valence-corrected chi connectivity index (χ0v) is 12.8. The highest BCUT2D eigenvalue weighted by molar-refractivity contribution is 4.77. The summed E-state index contributed by atoms with van der Waals surface area (Å²) in [6.07, 6.45) is 8.32. The van der Waals surface area contributed by atoms with Gasteiger partial charge in [0, 0.05) is 6.54 Å². The molecule has 112 valence electrons. The maximum atomic E-state index is 5.67. The molecule has 0 aromatic rings. The van der Waals surface area contributed by atoms with Gasteiger partial charge in [0.1, 0.15) is 0 Å². The van der Waals surface area contributed by atoms with Gasteiger partial charge in [0.25, 0.3) is 0 Å². The molecule has 0 aromatic carbocycles. The van der Waals surface area contributed by atoms with E-state index in [2.05, 4.69) is 16.7 Å². The van der Waals surface area contributed by atoms with Gasteiger partial charge >= 0.3 is 0 Å². The first-order valence-corrected chi connectivity index (χ1v) is 8.42. The summed E-state index contributed by atoms with van der Waals surface area (Å²) in [5.74, 6) is 1.67. The minimum atomic E-state index is 0.702. The van der Waals surface area contributed by atoms with E-state index < -0.39 is 0 Å². The fourth-order valence-corrected chi connectivity index (χ4v) is 3.50. The lowest BCUT2D eigenvalue weighted by Crippen LogP contribution is -2.38. The van der Waals surface area contributed by atoms with Gasteiger partial charge in [-0.05, 0) is 89.6 Å². The van der Waals surface area contributed by atoms with Crippen LogP contribution in [-0.2, 0) is 0 Å². The number of hydrogen-bond donors (Lipinski definition) is 1. The molecule has 0 saturated carbocycles. The summed E-state index contributed by atoms with van der Waals surface area (Å²) in [5, 5.41) is 0. The quantitative estimate of drug-likeness (QED) is 0.767. The van der Waals surface area contributed by atoms with Crippen molar-refractivity contribution in [1.29, 1.82) is 0 Å². The minimum absolute atomic E-state index is 0.702. The summed E-state index contributed by atoms with van der Waals surface area (Å²) in [6, 6.07) is 0. The first kappa shape index (κ1) is 15.3. The lowest BCUT2D eigenvalue weighted by Gasteiger charge is -2.34. The fraction of sp³-hybridized carbons (Fsp3) is 1.00. The third-order valence-corrected chi connectivity index (χ3v) is 5.00. The summed E-state index contributed by atoms with van der Waals surface area (Å²) >= 11 is 0. The van der Waals surface area contributed by atoms with E-state index in [4.69, 9.17) is 5.73 Å². The zero-order valence-electron chi connectivity index (χ0n) is 12.8. The zero-order chi connectivity index (χ0) is 13.5. The normalized spacial score (nSPS) is 24.9. The topological polar surface area (TPSA) is 32.5 Å². The minimum Gasteiger partial charge on any atom is -0.330 e. The van der Waals surface area contributed by atoms with Gasteiger partial charge < -0.3 is 15.5 Å². The van der Waals surface area contributed by atoms with Crippen molar-refractivity contribution in [3.8, 4) is 0 Å². The second-order valence-corrected chi connectivity index (χ2v) is 6.78. The highest BCUT2D eigenvalue weighted by atomic mass is 15.2. The molecule has 2 aliphatic heterocycles. The van der Waals surface area contributed by atoms with Gasteiger partial charge in [0.15, 0.2) is 0 Å². The Balaban J connectivity index is 1.54. The molecule has 0 aliphatic carbocycles. The van der Waals surface area contributed by atoms with Crippen molar-refractivity contribution < 1.29 is 0 Å². The first-order chi connectivity index (χ1) is 9.28. The van der Waals surface area contributed by atoms with Gasteiger partial charge in [-0.2, -0.15) is 0 Å². The van der Waals surface area contributed by atoms with Gasteiger partial charge in [-0.25, -0.2) is 0 Å². The van der Waals surface area contributed by atoms with E-state index >= 15 is 0 Å². The predicted octanol–water partition coefficient (Wildman–Crippen LogP) is 2.17. The Morgan fingerprint density at radius 1 is 1.05 bits per heavy atom. The van der Waals surface area contributed by atoms with Crippen LogP contribution >= 0.6 is 0 Å². The highest BCUT2D eigenvalue weighted by Crippen LogP contribution is 2.21. The Bertz CT molecular complexity index is 230. The van der Waals surface area contributed by atoms with Crippen LogP contribution < -0.4 is 5.73 Å². The van der Waals surface area contributed by atoms with E-state index in [1.54, 1.807) is 0 Å². The molecule has 3 nitrogen and oxygen atoms in total. The molecule has 2 rings (SSSR count).